The maximum atomic E-state index is 12.6. The monoisotopic (exact) mass is 385 g/mol. The van der Waals surface area contributed by atoms with Gasteiger partial charge in [0.1, 0.15) is 0 Å². The first-order valence-corrected chi connectivity index (χ1v) is 9.16. The summed E-state index contributed by atoms with van der Waals surface area (Å²) in [5, 5.41) is 2.85. The van der Waals surface area contributed by atoms with Gasteiger partial charge in [-0.1, -0.05) is 13.8 Å². The Hall–Kier alpha value is -3.02. The van der Waals surface area contributed by atoms with E-state index in [1.807, 2.05) is 6.92 Å². The van der Waals surface area contributed by atoms with Crippen molar-refractivity contribution in [2.45, 2.75) is 27.2 Å². The Kier molecular flexibility index (Phi) is 7.44. The molecule has 0 fully saturated rings. The van der Waals surface area contributed by atoms with Crippen LogP contribution in [0.2, 0.25) is 0 Å². The minimum Gasteiger partial charge on any atom is -0.493 e. The molecule has 0 heterocycles. The highest BCUT2D eigenvalue weighted by Crippen LogP contribution is 2.29. The van der Waals surface area contributed by atoms with Crippen LogP contribution in [-0.4, -0.2) is 32.7 Å². The molecule has 0 atom stereocenters. The summed E-state index contributed by atoms with van der Waals surface area (Å²) < 4.78 is 15.8. The number of esters is 1. The first kappa shape index (κ1) is 21.3. The van der Waals surface area contributed by atoms with Gasteiger partial charge in [-0.2, -0.15) is 0 Å². The summed E-state index contributed by atoms with van der Waals surface area (Å²) in [6.45, 7) is 6.67. The third kappa shape index (κ3) is 5.49. The summed E-state index contributed by atoms with van der Waals surface area (Å²) in [6.07, 6.45) is 0.937. The number of aryl methyl sites for hydroxylation is 1. The van der Waals surface area contributed by atoms with Gasteiger partial charge < -0.3 is 19.5 Å². The standard InChI is InChI=1S/C22H27NO5/c1-14(2)10-11-28-19-9-7-16(13-20(19)26-4)21(24)23-18-8-6-17(12-15(18)3)22(25)27-5/h6-9,12-14H,10-11H2,1-5H3,(H,23,24). The van der Waals surface area contributed by atoms with Crippen LogP contribution in [0.1, 0.15) is 46.5 Å². The van der Waals surface area contributed by atoms with Crippen LogP contribution in [0.15, 0.2) is 36.4 Å². The largest absolute Gasteiger partial charge is 0.493 e. The average molecular weight is 385 g/mol. The van der Waals surface area contributed by atoms with Crippen LogP contribution < -0.4 is 14.8 Å². The van der Waals surface area contributed by atoms with E-state index in [1.54, 1.807) is 43.5 Å². The van der Waals surface area contributed by atoms with E-state index in [1.165, 1.54) is 7.11 Å². The number of carbonyl (C=O) groups excluding carboxylic acids is 2. The zero-order valence-corrected chi connectivity index (χ0v) is 17.0. The minimum atomic E-state index is -0.418. The van der Waals surface area contributed by atoms with Crippen molar-refractivity contribution in [2.75, 3.05) is 26.1 Å². The Balaban J connectivity index is 2.12. The number of hydrogen-bond donors (Lipinski definition) is 1. The Morgan fingerprint density at radius 1 is 1.00 bits per heavy atom. The second kappa shape index (κ2) is 9.78. The molecule has 1 amide bonds. The Bertz CT molecular complexity index is 845. The minimum absolute atomic E-state index is 0.277. The lowest BCUT2D eigenvalue weighted by Gasteiger charge is -2.14. The van der Waals surface area contributed by atoms with E-state index in [9.17, 15) is 9.59 Å². The molecule has 0 aliphatic rings. The van der Waals surface area contributed by atoms with Gasteiger partial charge in [0.05, 0.1) is 26.4 Å². The predicted molar refractivity (Wildman–Crippen MR) is 108 cm³/mol. The molecule has 28 heavy (non-hydrogen) atoms. The van der Waals surface area contributed by atoms with Crippen LogP contribution in [0.25, 0.3) is 0 Å². The lowest BCUT2D eigenvalue weighted by atomic mass is 10.1. The lowest BCUT2D eigenvalue weighted by molar-refractivity contribution is 0.0600. The summed E-state index contributed by atoms with van der Waals surface area (Å²) >= 11 is 0. The second-order valence-corrected chi connectivity index (χ2v) is 6.87. The van der Waals surface area contributed by atoms with Crippen molar-refractivity contribution in [3.63, 3.8) is 0 Å². The molecule has 2 rings (SSSR count). The topological polar surface area (TPSA) is 73.9 Å². The molecule has 0 aromatic heterocycles. The number of anilines is 1. The van der Waals surface area contributed by atoms with Crippen LogP contribution >= 0.6 is 0 Å². The molecule has 0 spiro atoms. The molecule has 0 unspecified atom stereocenters. The fourth-order valence-corrected chi connectivity index (χ4v) is 2.58. The zero-order valence-electron chi connectivity index (χ0n) is 17.0. The van der Waals surface area contributed by atoms with Gasteiger partial charge in [0.25, 0.3) is 5.91 Å². The van der Waals surface area contributed by atoms with Crippen LogP contribution in [-0.2, 0) is 4.74 Å². The van der Waals surface area contributed by atoms with Gasteiger partial charge in [-0.05, 0) is 61.2 Å². The number of nitrogens with one attached hydrogen (secondary N) is 1. The molecule has 0 saturated carbocycles. The summed E-state index contributed by atoms with van der Waals surface area (Å²) in [4.78, 5) is 24.2. The highest BCUT2D eigenvalue weighted by atomic mass is 16.5. The van der Waals surface area contributed by atoms with Crippen LogP contribution in [0.4, 0.5) is 5.69 Å². The Morgan fingerprint density at radius 2 is 1.71 bits per heavy atom. The third-order valence-corrected chi connectivity index (χ3v) is 4.27. The summed E-state index contributed by atoms with van der Waals surface area (Å²) in [7, 11) is 2.87. The van der Waals surface area contributed by atoms with Gasteiger partial charge in [0, 0.05) is 11.3 Å². The average Bonchev–Trinajstić information content (AvgIpc) is 2.68. The van der Waals surface area contributed by atoms with Crippen molar-refractivity contribution in [1.82, 2.24) is 0 Å². The van der Waals surface area contributed by atoms with Gasteiger partial charge in [-0.3, -0.25) is 4.79 Å². The highest BCUT2D eigenvalue weighted by molar-refractivity contribution is 6.05. The molecule has 2 aromatic rings. The van der Waals surface area contributed by atoms with Gasteiger partial charge in [0.2, 0.25) is 0 Å². The molecule has 0 saturated heterocycles. The van der Waals surface area contributed by atoms with Crippen LogP contribution in [0, 0.1) is 12.8 Å². The predicted octanol–water partition coefficient (Wildman–Crippen LogP) is 4.47. The quantitative estimate of drug-likeness (QED) is 0.679. The Morgan fingerprint density at radius 3 is 2.32 bits per heavy atom. The van der Waals surface area contributed by atoms with E-state index in [2.05, 4.69) is 19.2 Å². The highest BCUT2D eigenvalue weighted by Gasteiger charge is 2.14. The summed E-state index contributed by atoms with van der Waals surface area (Å²) in [5.74, 6) is 0.969. The fraction of sp³-hybridized carbons (Fsp3) is 0.364. The van der Waals surface area contributed by atoms with Crippen molar-refractivity contribution in [1.29, 1.82) is 0 Å². The molecule has 150 valence electrons. The van der Waals surface area contributed by atoms with Crippen molar-refractivity contribution >= 4 is 17.6 Å². The number of amides is 1. The van der Waals surface area contributed by atoms with E-state index in [0.29, 0.717) is 40.8 Å². The fourth-order valence-electron chi connectivity index (χ4n) is 2.58. The normalized spacial score (nSPS) is 10.5. The molecule has 2 aromatic carbocycles. The number of methoxy groups -OCH3 is 2. The van der Waals surface area contributed by atoms with Crippen molar-refractivity contribution in [3.05, 3.63) is 53.1 Å². The van der Waals surface area contributed by atoms with E-state index < -0.39 is 5.97 Å². The maximum Gasteiger partial charge on any atom is 0.337 e. The number of rotatable bonds is 8. The van der Waals surface area contributed by atoms with E-state index in [0.717, 1.165) is 12.0 Å². The molecular weight excluding hydrogens is 358 g/mol. The van der Waals surface area contributed by atoms with Crippen LogP contribution in [0.5, 0.6) is 11.5 Å². The zero-order chi connectivity index (χ0) is 20.7. The first-order valence-electron chi connectivity index (χ1n) is 9.16. The van der Waals surface area contributed by atoms with Gasteiger partial charge in [0.15, 0.2) is 11.5 Å². The smallest absolute Gasteiger partial charge is 0.337 e. The Labute approximate surface area is 165 Å². The third-order valence-electron chi connectivity index (χ3n) is 4.27. The summed E-state index contributed by atoms with van der Waals surface area (Å²) in [5.41, 5.74) is 2.26. The molecule has 1 N–H and O–H groups in total. The van der Waals surface area contributed by atoms with Crippen molar-refractivity contribution in [2.24, 2.45) is 5.92 Å². The molecule has 6 nitrogen and oxygen atoms in total. The van der Waals surface area contributed by atoms with E-state index in [-0.39, 0.29) is 5.91 Å². The number of ether oxygens (including phenoxy) is 3. The molecule has 0 aliphatic carbocycles. The first-order chi connectivity index (χ1) is 13.3. The molecule has 0 bridgehead atoms. The lowest BCUT2D eigenvalue weighted by Crippen LogP contribution is -2.13. The van der Waals surface area contributed by atoms with Gasteiger partial charge in [-0.25, -0.2) is 4.79 Å². The summed E-state index contributed by atoms with van der Waals surface area (Å²) in [6, 6.07) is 10.1. The van der Waals surface area contributed by atoms with E-state index in [4.69, 9.17) is 14.2 Å². The molecule has 6 heteroatoms. The van der Waals surface area contributed by atoms with E-state index >= 15 is 0 Å². The van der Waals surface area contributed by atoms with Gasteiger partial charge >= 0.3 is 5.97 Å². The van der Waals surface area contributed by atoms with Crippen LogP contribution in [0.3, 0.4) is 0 Å². The second-order valence-electron chi connectivity index (χ2n) is 6.87. The maximum absolute atomic E-state index is 12.6. The van der Waals surface area contributed by atoms with Gasteiger partial charge in [-0.15, -0.1) is 0 Å². The molecule has 0 radical (unpaired) electrons. The SMILES string of the molecule is COC(=O)c1ccc(NC(=O)c2ccc(OCCC(C)C)c(OC)c2)c(C)c1. The van der Waals surface area contributed by atoms with Crippen molar-refractivity contribution in [3.8, 4) is 11.5 Å². The molecular formula is C22H27NO5. The number of benzene rings is 2. The van der Waals surface area contributed by atoms with Crippen molar-refractivity contribution < 1.29 is 23.8 Å². The number of hydrogen-bond acceptors (Lipinski definition) is 5. The molecule has 0 aliphatic heterocycles. The number of carbonyl (C=O) groups is 2.